The molecule has 2 atom stereocenters. The van der Waals surface area contributed by atoms with E-state index in [-0.39, 0.29) is 5.82 Å². The van der Waals surface area contributed by atoms with E-state index in [2.05, 4.69) is 15.8 Å². The number of rotatable bonds is 7. The summed E-state index contributed by atoms with van der Waals surface area (Å²) in [6, 6.07) is 10.2. The van der Waals surface area contributed by atoms with Crippen molar-refractivity contribution in [2.45, 2.75) is 69.6 Å². The Balaban J connectivity index is 1.37. The van der Waals surface area contributed by atoms with Crippen molar-refractivity contribution in [1.29, 1.82) is 0 Å². The zero-order valence-electron chi connectivity index (χ0n) is 16.1. The van der Waals surface area contributed by atoms with Gasteiger partial charge in [0.2, 0.25) is 0 Å². The van der Waals surface area contributed by atoms with E-state index in [4.69, 9.17) is 0 Å². The van der Waals surface area contributed by atoms with Gasteiger partial charge in [0.1, 0.15) is 5.82 Å². The number of aryl methyl sites for hydroxylation is 2. The summed E-state index contributed by atoms with van der Waals surface area (Å²) in [6.45, 7) is 1.99. The van der Waals surface area contributed by atoms with Gasteiger partial charge >= 0.3 is 0 Å². The maximum Gasteiger partial charge on any atom is 0.132 e. The van der Waals surface area contributed by atoms with Crippen molar-refractivity contribution in [2.24, 2.45) is 5.92 Å². The van der Waals surface area contributed by atoms with E-state index in [1.165, 1.54) is 38.5 Å². The van der Waals surface area contributed by atoms with E-state index in [1.54, 1.807) is 12.3 Å². The van der Waals surface area contributed by atoms with Gasteiger partial charge in [-0.1, -0.05) is 36.9 Å². The van der Waals surface area contributed by atoms with Gasteiger partial charge < -0.3 is 0 Å². The molecule has 2 saturated carbocycles. The zero-order valence-corrected chi connectivity index (χ0v) is 16.9. The van der Waals surface area contributed by atoms with E-state index >= 15 is 0 Å². The van der Waals surface area contributed by atoms with Crippen molar-refractivity contribution in [3.8, 4) is 11.3 Å². The lowest BCUT2D eigenvalue weighted by Gasteiger charge is -2.32. The molecule has 4 heteroatoms. The molecule has 2 aliphatic rings. The summed E-state index contributed by atoms with van der Waals surface area (Å²) in [5.74, 6) is 0.554. The van der Waals surface area contributed by atoms with Gasteiger partial charge in [0, 0.05) is 23.1 Å². The molecule has 0 radical (unpaired) electrons. The number of hydrogen-bond donors (Lipinski definition) is 1. The van der Waals surface area contributed by atoms with Crippen LogP contribution in [0, 0.1) is 18.7 Å². The fourth-order valence-electron chi connectivity index (χ4n) is 3.98. The van der Waals surface area contributed by atoms with Crippen LogP contribution in [0.2, 0.25) is 0 Å². The summed E-state index contributed by atoms with van der Waals surface area (Å²) >= 11 is 1.96. The first-order valence-electron chi connectivity index (χ1n) is 10.3. The van der Waals surface area contributed by atoms with Crippen LogP contribution < -0.4 is 4.72 Å². The Kier molecular flexibility index (Phi) is 6.14. The highest BCUT2D eigenvalue weighted by atomic mass is 32.2. The summed E-state index contributed by atoms with van der Waals surface area (Å²) in [7, 11) is 0. The zero-order chi connectivity index (χ0) is 18.6. The SMILES string of the molecule is Cc1ccc(-c2ccc(CC[C@H]3CCCCC3NSC3CC3)cc2F)nc1. The Morgan fingerprint density at radius 3 is 2.70 bits per heavy atom. The van der Waals surface area contributed by atoms with Crippen molar-refractivity contribution in [3.05, 3.63) is 53.5 Å². The molecule has 0 spiro atoms. The highest BCUT2D eigenvalue weighted by molar-refractivity contribution is 7.98. The molecule has 4 rings (SSSR count). The third kappa shape index (κ3) is 5.11. The van der Waals surface area contributed by atoms with Crippen molar-refractivity contribution in [2.75, 3.05) is 0 Å². The van der Waals surface area contributed by atoms with E-state index in [1.807, 2.05) is 37.1 Å². The summed E-state index contributed by atoms with van der Waals surface area (Å²) in [5.41, 5.74) is 3.49. The van der Waals surface area contributed by atoms with Crippen LogP contribution >= 0.6 is 11.9 Å². The minimum absolute atomic E-state index is 0.161. The maximum absolute atomic E-state index is 14.6. The molecule has 1 heterocycles. The lowest BCUT2D eigenvalue weighted by molar-refractivity contribution is 0.279. The predicted octanol–water partition coefficient (Wildman–Crippen LogP) is 6.09. The molecular weight excluding hydrogens is 355 g/mol. The fourth-order valence-corrected chi connectivity index (χ4v) is 5.03. The first kappa shape index (κ1) is 18.9. The quantitative estimate of drug-likeness (QED) is 0.585. The number of nitrogens with one attached hydrogen (secondary N) is 1. The van der Waals surface area contributed by atoms with Crippen LogP contribution in [0.1, 0.15) is 56.1 Å². The number of aromatic nitrogens is 1. The number of nitrogens with zero attached hydrogens (tertiary/aromatic N) is 1. The smallest absolute Gasteiger partial charge is 0.132 e. The Morgan fingerprint density at radius 2 is 1.96 bits per heavy atom. The first-order valence-corrected chi connectivity index (χ1v) is 11.2. The first-order chi connectivity index (χ1) is 13.2. The molecule has 1 aromatic carbocycles. The van der Waals surface area contributed by atoms with Crippen LogP contribution in [0.25, 0.3) is 11.3 Å². The molecular formula is C23H29FN2S. The highest BCUT2D eigenvalue weighted by Crippen LogP contribution is 2.35. The molecule has 0 amide bonds. The molecule has 2 aliphatic carbocycles. The normalized spacial score (nSPS) is 22.7. The summed E-state index contributed by atoms with van der Waals surface area (Å²) in [4.78, 5) is 4.36. The number of pyridine rings is 1. The Bertz CT molecular complexity index is 757. The minimum Gasteiger partial charge on any atom is -0.261 e. The van der Waals surface area contributed by atoms with E-state index in [0.717, 1.165) is 29.2 Å². The number of halogens is 1. The molecule has 0 saturated heterocycles. The second-order valence-electron chi connectivity index (χ2n) is 8.16. The number of benzene rings is 1. The van der Waals surface area contributed by atoms with Crippen molar-refractivity contribution in [3.63, 3.8) is 0 Å². The second-order valence-corrected chi connectivity index (χ2v) is 9.30. The molecule has 0 bridgehead atoms. The maximum atomic E-state index is 14.6. The molecule has 2 nitrogen and oxygen atoms in total. The van der Waals surface area contributed by atoms with Crippen LogP contribution in [-0.4, -0.2) is 16.3 Å². The number of hydrogen-bond acceptors (Lipinski definition) is 3. The molecule has 1 unspecified atom stereocenters. The molecule has 2 aromatic rings. The molecule has 2 fully saturated rings. The summed E-state index contributed by atoms with van der Waals surface area (Å²) < 4.78 is 18.4. The van der Waals surface area contributed by atoms with Gasteiger partial charge in [-0.25, -0.2) is 4.39 Å². The van der Waals surface area contributed by atoms with Gasteiger partial charge in [0.05, 0.1) is 5.69 Å². The van der Waals surface area contributed by atoms with Crippen LogP contribution in [0.15, 0.2) is 36.5 Å². The van der Waals surface area contributed by atoms with E-state index in [9.17, 15) is 4.39 Å². The largest absolute Gasteiger partial charge is 0.261 e. The highest BCUT2D eigenvalue weighted by Gasteiger charge is 2.28. The van der Waals surface area contributed by atoms with Gasteiger partial charge in [0.15, 0.2) is 0 Å². The second kappa shape index (κ2) is 8.74. The topological polar surface area (TPSA) is 24.9 Å². The molecule has 144 valence electrons. The molecule has 1 N–H and O–H groups in total. The summed E-state index contributed by atoms with van der Waals surface area (Å²) in [5, 5.41) is 0.851. The monoisotopic (exact) mass is 384 g/mol. The average Bonchev–Trinajstić information content (AvgIpc) is 3.51. The molecule has 27 heavy (non-hydrogen) atoms. The Morgan fingerprint density at radius 1 is 1.11 bits per heavy atom. The van der Waals surface area contributed by atoms with Crippen molar-refractivity contribution in [1.82, 2.24) is 9.71 Å². The van der Waals surface area contributed by atoms with Gasteiger partial charge in [0.25, 0.3) is 0 Å². The van der Waals surface area contributed by atoms with Crippen LogP contribution in [0.4, 0.5) is 4.39 Å². The van der Waals surface area contributed by atoms with Crippen LogP contribution in [0.5, 0.6) is 0 Å². The summed E-state index contributed by atoms with van der Waals surface area (Å²) in [6.07, 6.45) is 11.9. The fraction of sp³-hybridized carbons (Fsp3) is 0.522. The van der Waals surface area contributed by atoms with Gasteiger partial charge in [-0.3, -0.25) is 9.71 Å². The Labute approximate surface area is 166 Å². The van der Waals surface area contributed by atoms with Crippen LogP contribution in [-0.2, 0) is 6.42 Å². The van der Waals surface area contributed by atoms with Gasteiger partial charge in [-0.15, -0.1) is 0 Å². The van der Waals surface area contributed by atoms with Crippen molar-refractivity contribution >= 4 is 11.9 Å². The predicted molar refractivity (Wildman–Crippen MR) is 112 cm³/mol. The Hall–Kier alpha value is -1.39. The molecule has 0 aliphatic heterocycles. The van der Waals surface area contributed by atoms with Crippen molar-refractivity contribution < 1.29 is 4.39 Å². The van der Waals surface area contributed by atoms with Gasteiger partial charge in [-0.2, -0.15) is 0 Å². The third-order valence-corrected chi connectivity index (χ3v) is 7.09. The standard InChI is InChI=1S/C23H29FN2S/c1-16-6-13-23(25-15-16)20-12-8-17(14-21(20)24)7-9-18-4-2-3-5-22(18)26-27-19-10-11-19/h6,8,12-15,18-19,22,26H,2-5,7,9-11H2,1H3/t18-,22?/m1/s1. The third-order valence-electron chi connectivity index (χ3n) is 5.84. The van der Waals surface area contributed by atoms with E-state index in [0.29, 0.717) is 23.2 Å². The lowest BCUT2D eigenvalue weighted by atomic mass is 9.81. The lowest BCUT2D eigenvalue weighted by Crippen LogP contribution is -2.35. The van der Waals surface area contributed by atoms with Gasteiger partial charge in [-0.05, 0) is 80.7 Å². The molecule has 1 aromatic heterocycles. The van der Waals surface area contributed by atoms with Crippen LogP contribution in [0.3, 0.4) is 0 Å². The average molecular weight is 385 g/mol. The minimum atomic E-state index is -0.161. The van der Waals surface area contributed by atoms with E-state index < -0.39 is 0 Å².